The minimum atomic E-state index is -0.505. The standard InChI is InChI=1S/C11H11BrClNO/c12-10-7-14(6-8(15)5-13)11-4-2-1-3-9(10)11/h1-4,7-8,15H,5-6H2. The lowest BCUT2D eigenvalue weighted by Gasteiger charge is -2.08. The highest BCUT2D eigenvalue weighted by atomic mass is 79.9. The summed E-state index contributed by atoms with van der Waals surface area (Å²) in [6.07, 6.45) is 1.47. The fraction of sp³-hybridized carbons (Fsp3) is 0.273. The Morgan fingerprint density at radius 3 is 2.87 bits per heavy atom. The van der Waals surface area contributed by atoms with Crippen LogP contribution in [0, 0.1) is 0 Å². The third-order valence-corrected chi connectivity index (χ3v) is 3.31. The summed E-state index contributed by atoms with van der Waals surface area (Å²) in [6, 6.07) is 8.05. The van der Waals surface area contributed by atoms with Gasteiger partial charge in [-0.1, -0.05) is 18.2 Å². The molecule has 4 heteroatoms. The van der Waals surface area contributed by atoms with E-state index in [1.54, 1.807) is 0 Å². The minimum absolute atomic E-state index is 0.254. The molecule has 0 bridgehead atoms. The average Bonchev–Trinajstić information content (AvgIpc) is 2.57. The summed E-state index contributed by atoms with van der Waals surface area (Å²) in [7, 11) is 0. The lowest BCUT2D eigenvalue weighted by atomic mass is 10.2. The van der Waals surface area contributed by atoms with E-state index < -0.39 is 6.10 Å². The molecule has 0 aliphatic heterocycles. The van der Waals surface area contributed by atoms with Crippen LogP contribution in [0.25, 0.3) is 10.9 Å². The van der Waals surface area contributed by atoms with Crippen LogP contribution in [-0.2, 0) is 6.54 Å². The first-order valence-corrected chi connectivity index (χ1v) is 6.02. The maximum absolute atomic E-state index is 9.51. The van der Waals surface area contributed by atoms with Crippen LogP contribution in [0.1, 0.15) is 0 Å². The molecule has 2 nitrogen and oxygen atoms in total. The predicted molar refractivity (Wildman–Crippen MR) is 66.4 cm³/mol. The van der Waals surface area contributed by atoms with Crippen molar-refractivity contribution in [2.24, 2.45) is 0 Å². The van der Waals surface area contributed by atoms with Crippen LogP contribution in [0.15, 0.2) is 34.9 Å². The predicted octanol–water partition coefficient (Wildman–Crippen LogP) is 3.00. The monoisotopic (exact) mass is 287 g/mol. The lowest BCUT2D eigenvalue weighted by molar-refractivity contribution is 0.178. The van der Waals surface area contributed by atoms with Gasteiger partial charge in [-0.2, -0.15) is 0 Å². The number of rotatable bonds is 3. The first-order chi connectivity index (χ1) is 7.22. The molecule has 1 heterocycles. The number of nitrogens with zero attached hydrogens (tertiary/aromatic N) is 1. The molecule has 2 aromatic rings. The van der Waals surface area contributed by atoms with Crippen LogP contribution >= 0.6 is 27.5 Å². The normalized spacial score (nSPS) is 13.3. The Balaban J connectivity index is 2.43. The zero-order valence-electron chi connectivity index (χ0n) is 8.03. The van der Waals surface area contributed by atoms with Gasteiger partial charge in [0.2, 0.25) is 0 Å². The van der Waals surface area contributed by atoms with Crippen molar-refractivity contribution < 1.29 is 5.11 Å². The first-order valence-electron chi connectivity index (χ1n) is 4.69. The maximum atomic E-state index is 9.51. The van der Waals surface area contributed by atoms with E-state index in [4.69, 9.17) is 11.6 Å². The van der Waals surface area contributed by atoms with E-state index in [0.717, 1.165) is 15.4 Å². The fourth-order valence-corrected chi connectivity index (χ4v) is 2.31. The molecule has 0 aliphatic rings. The Morgan fingerprint density at radius 1 is 1.40 bits per heavy atom. The maximum Gasteiger partial charge on any atom is 0.0854 e. The number of alkyl halides is 1. The Labute approximate surface area is 102 Å². The van der Waals surface area contributed by atoms with E-state index >= 15 is 0 Å². The van der Waals surface area contributed by atoms with Crippen molar-refractivity contribution in [3.8, 4) is 0 Å². The number of para-hydroxylation sites is 1. The Hall–Kier alpha value is -0.510. The van der Waals surface area contributed by atoms with Gasteiger partial charge in [0.05, 0.1) is 12.0 Å². The molecule has 80 valence electrons. The number of aliphatic hydroxyl groups excluding tert-OH is 1. The smallest absolute Gasteiger partial charge is 0.0854 e. The van der Waals surface area contributed by atoms with Crippen molar-refractivity contribution in [3.05, 3.63) is 34.9 Å². The molecule has 15 heavy (non-hydrogen) atoms. The molecule has 0 amide bonds. The topological polar surface area (TPSA) is 25.2 Å². The summed E-state index contributed by atoms with van der Waals surface area (Å²) in [5.41, 5.74) is 1.11. The van der Waals surface area contributed by atoms with Crippen LogP contribution in [0.5, 0.6) is 0 Å². The Bertz CT molecular complexity index is 469. The van der Waals surface area contributed by atoms with E-state index in [-0.39, 0.29) is 5.88 Å². The molecule has 0 spiro atoms. The molecule has 2 rings (SSSR count). The van der Waals surface area contributed by atoms with E-state index in [2.05, 4.69) is 15.9 Å². The van der Waals surface area contributed by atoms with Crippen molar-refractivity contribution in [2.45, 2.75) is 12.6 Å². The van der Waals surface area contributed by atoms with Crippen LogP contribution < -0.4 is 0 Å². The average molecular weight is 289 g/mol. The first kappa shape index (κ1) is 11.0. The highest BCUT2D eigenvalue weighted by molar-refractivity contribution is 9.10. The highest BCUT2D eigenvalue weighted by Crippen LogP contribution is 2.26. The summed E-state index contributed by atoms with van der Waals surface area (Å²) in [5, 5.41) is 10.7. The molecule has 1 aromatic carbocycles. The van der Waals surface area contributed by atoms with Crippen LogP contribution in [0.4, 0.5) is 0 Å². The third-order valence-electron chi connectivity index (χ3n) is 2.33. The molecule has 0 saturated heterocycles. The van der Waals surface area contributed by atoms with Gasteiger partial charge >= 0.3 is 0 Å². The van der Waals surface area contributed by atoms with Crippen molar-refractivity contribution >= 4 is 38.4 Å². The number of aliphatic hydroxyl groups is 1. The number of aromatic nitrogens is 1. The zero-order chi connectivity index (χ0) is 10.8. The van der Waals surface area contributed by atoms with Gasteiger partial charge in [-0.3, -0.25) is 0 Å². The Morgan fingerprint density at radius 2 is 2.13 bits per heavy atom. The van der Waals surface area contributed by atoms with Gasteiger partial charge in [-0.25, -0.2) is 0 Å². The van der Waals surface area contributed by atoms with Gasteiger partial charge in [0.15, 0.2) is 0 Å². The summed E-state index contributed by atoms with van der Waals surface area (Å²) >= 11 is 9.08. The second kappa shape index (κ2) is 4.56. The van der Waals surface area contributed by atoms with Gasteiger partial charge in [-0.05, 0) is 22.0 Å². The number of hydrogen-bond donors (Lipinski definition) is 1. The second-order valence-corrected chi connectivity index (χ2v) is 4.62. The molecule has 0 aliphatic carbocycles. The largest absolute Gasteiger partial charge is 0.390 e. The molecule has 1 unspecified atom stereocenters. The van der Waals surface area contributed by atoms with Gasteiger partial charge in [0.1, 0.15) is 0 Å². The summed E-state index contributed by atoms with van der Waals surface area (Å²) in [5.74, 6) is 0.254. The van der Waals surface area contributed by atoms with E-state index in [1.807, 2.05) is 35.0 Å². The SMILES string of the molecule is OC(CCl)Cn1cc(Br)c2ccccc21. The van der Waals surface area contributed by atoms with E-state index in [1.165, 1.54) is 0 Å². The number of halogens is 2. The van der Waals surface area contributed by atoms with Crippen LogP contribution in [0.2, 0.25) is 0 Å². The van der Waals surface area contributed by atoms with Crippen LogP contribution in [-0.4, -0.2) is 21.7 Å². The third kappa shape index (κ3) is 2.19. The van der Waals surface area contributed by atoms with Gasteiger partial charge < -0.3 is 9.67 Å². The number of fused-ring (bicyclic) bond motifs is 1. The van der Waals surface area contributed by atoms with Gasteiger partial charge in [-0.15, -0.1) is 11.6 Å². The summed E-state index contributed by atoms with van der Waals surface area (Å²) in [6.45, 7) is 0.523. The number of hydrogen-bond acceptors (Lipinski definition) is 1. The molecule has 0 fully saturated rings. The van der Waals surface area contributed by atoms with Gasteiger partial charge in [0, 0.05) is 28.1 Å². The van der Waals surface area contributed by atoms with Crippen molar-refractivity contribution in [1.82, 2.24) is 4.57 Å². The fourth-order valence-electron chi connectivity index (χ4n) is 1.63. The highest BCUT2D eigenvalue weighted by Gasteiger charge is 2.08. The Kier molecular flexibility index (Phi) is 3.34. The molecular weight excluding hydrogens is 277 g/mol. The summed E-state index contributed by atoms with van der Waals surface area (Å²) < 4.78 is 3.05. The number of benzene rings is 1. The molecule has 1 aromatic heterocycles. The molecule has 1 atom stereocenters. The quantitative estimate of drug-likeness (QED) is 0.863. The van der Waals surface area contributed by atoms with Gasteiger partial charge in [0.25, 0.3) is 0 Å². The van der Waals surface area contributed by atoms with Crippen molar-refractivity contribution in [1.29, 1.82) is 0 Å². The molecule has 0 saturated carbocycles. The van der Waals surface area contributed by atoms with Crippen molar-refractivity contribution in [3.63, 3.8) is 0 Å². The molecular formula is C11H11BrClNO. The minimum Gasteiger partial charge on any atom is -0.390 e. The van der Waals surface area contributed by atoms with E-state index in [9.17, 15) is 5.11 Å². The summed E-state index contributed by atoms with van der Waals surface area (Å²) in [4.78, 5) is 0. The van der Waals surface area contributed by atoms with Crippen molar-refractivity contribution in [2.75, 3.05) is 5.88 Å². The van der Waals surface area contributed by atoms with Crippen LogP contribution in [0.3, 0.4) is 0 Å². The molecule has 1 N–H and O–H groups in total. The molecule has 0 radical (unpaired) electrons. The van der Waals surface area contributed by atoms with E-state index in [0.29, 0.717) is 6.54 Å². The zero-order valence-corrected chi connectivity index (χ0v) is 10.4. The lowest BCUT2D eigenvalue weighted by Crippen LogP contribution is -2.16. The second-order valence-electron chi connectivity index (χ2n) is 3.45.